The third kappa shape index (κ3) is 3.33. The lowest BCUT2D eigenvalue weighted by Gasteiger charge is -2.10. The van der Waals surface area contributed by atoms with Crippen LogP contribution in [0.15, 0.2) is 71.6 Å². The van der Waals surface area contributed by atoms with Crippen molar-refractivity contribution in [2.24, 2.45) is 0 Å². The van der Waals surface area contributed by atoms with Gasteiger partial charge in [0.1, 0.15) is 12.4 Å². The first-order valence-corrected chi connectivity index (χ1v) is 9.65. The van der Waals surface area contributed by atoms with E-state index in [2.05, 4.69) is 30.3 Å². The standard InChI is InChI=1S/C22H18O3S/c1-26-18-11-9-17(10-12-18)25-22(23)24-14-16-6-4-8-20-19-7-3-2-5-15(19)13-21(16)20/h2-12H,13-14H2,1H3. The van der Waals surface area contributed by atoms with Gasteiger partial charge in [-0.2, -0.15) is 0 Å². The largest absolute Gasteiger partial charge is 0.514 e. The van der Waals surface area contributed by atoms with Gasteiger partial charge in [-0.25, -0.2) is 4.79 Å². The molecule has 4 heteroatoms. The predicted molar refractivity (Wildman–Crippen MR) is 104 cm³/mol. The molecule has 26 heavy (non-hydrogen) atoms. The first-order chi connectivity index (χ1) is 12.7. The van der Waals surface area contributed by atoms with Crippen LogP contribution in [0.4, 0.5) is 4.79 Å². The van der Waals surface area contributed by atoms with Crippen LogP contribution in [-0.4, -0.2) is 12.4 Å². The third-order valence-electron chi connectivity index (χ3n) is 4.55. The summed E-state index contributed by atoms with van der Waals surface area (Å²) in [5.41, 5.74) is 6.05. The molecule has 1 aliphatic rings. The molecule has 4 rings (SSSR count). The van der Waals surface area contributed by atoms with Crippen molar-refractivity contribution in [1.82, 2.24) is 0 Å². The van der Waals surface area contributed by atoms with Gasteiger partial charge in [0.25, 0.3) is 0 Å². The molecule has 0 unspecified atom stereocenters. The van der Waals surface area contributed by atoms with E-state index >= 15 is 0 Å². The van der Waals surface area contributed by atoms with Crippen molar-refractivity contribution in [3.05, 3.63) is 83.4 Å². The van der Waals surface area contributed by atoms with Gasteiger partial charge >= 0.3 is 6.16 Å². The van der Waals surface area contributed by atoms with E-state index < -0.39 is 6.16 Å². The highest BCUT2D eigenvalue weighted by Crippen LogP contribution is 2.38. The fraction of sp³-hybridized carbons (Fsp3) is 0.136. The molecule has 130 valence electrons. The maximum atomic E-state index is 12.0. The second kappa shape index (κ2) is 7.26. The van der Waals surface area contributed by atoms with Crippen LogP contribution < -0.4 is 4.74 Å². The molecule has 0 amide bonds. The van der Waals surface area contributed by atoms with Crippen molar-refractivity contribution in [3.63, 3.8) is 0 Å². The molecule has 0 bridgehead atoms. The van der Waals surface area contributed by atoms with Crippen LogP contribution in [0.25, 0.3) is 11.1 Å². The van der Waals surface area contributed by atoms with Crippen LogP contribution in [-0.2, 0) is 17.8 Å². The van der Waals surface area contributed by atoms with Crippen LogP contribution in [0.5, 0.6) is 5.75 Å². The normalized spacial score (nSPS) is 11.6. The Kier molecular flexibility index (Phi) is 4.67. The quantitative estimate of drug-likeness (QED) is 0.265. The van der Waals surface area contributed by atoms with Gasteiger partial charge in [0.05, 0.1) is 0 Å². The molecule has 0 fully saturated rings. The Morgan fingerprint density at radius 1 is 0.962 bits per heavy atom. The number of hydrogen-bond acceptors (Lipinski definition) is 4. The van der Waals surface area contributed by atoms with Crippen LogP contribution >= 0.6 is 11.8 Å². The Labute approximate surface area is 157 Å². The Balaban J connectivity index is 1.43. The molecule has 0 saturated carbocycles. The summed E-state index contributed by atoms with van der Waals surface area (Å²) in [4.78, 5) is 13.1. The van der Waals surface area contributed by atoms with Crippen LogP contribution in [0.3, 0.4) is 0 Å². The summed E-state index contributed by atoms with van der Waals surface area (Å²) in [6.45, 7) is 0.207. The summed E-state index contributed by atoms with van der Waals surface area (Å²) < 4.78 is 10.6. The highest BCUT2D eigenvalue weighted by atomic mass is 32.2. The minimum absolute atomic E-state index is 0.207. The lowest BCUT2D eigenvalue weighted by atomic mass is 10.0. The minimum atomic E-state index is -0.685. The molecule has 0 saturated heterocycles. The molecular formula is C22H18O3S. The number of fused-ring (bicyclic) bond motifs is 3. The Morgan fingerprint density at radius 3 is 2.54 bits per heavy atom. The Bertz CT molecular complexity index is 948. The van der Waals surface area contributed by atoms with E-state index in [4.69, 9.17) is 9.47 Å². The van der Waals surface area contributed by atoms with Crippen molar-refractivity contribution in [3.8, 4) is 16.9 Å². The molecule has 0 atom stereocenters. The van der Waals surface area contributed by atoms with E-state index in [1.54, 1.807) is 23.9 Å². The number of thioether (sulfide) groups is 1. The third-order valence-corrected chi connectivity index (χ3v) is 5.30. The maximum Gasteiger partial charge on any atom is 0.514 e. The van der Waals surface area contributed by atoms with E-state index in [0.29, 0.717) is 5.75 Å². The zero-order chi connectivity index (χ0) is 17.9. The molecule has 3 aromatic carbocycles. The SMILES string of the molecule is CSc1ccc(OC(=O)OCc2cccc3c2Cc2ccccc2-3)cc1. The summed E-state index contributed by atoms with van der Waals surface area (Å²) in [5, 5.41) is 0. The number of hydrogen-bond donors (Lipinski definition) is 0. The topological polar surface area (TPSA) is 35.5 Å². The second-order valence-electron chi connectivity index (χ2n) is 6.09. The zero-order valence-electron chi connectivity index (χ0n) is 14.4. The molecule has 0 aliphatic heterocycles. The average molecular weight is 362 g/mol. The summed E-state index contributed by atoms with van der Waals surface area (Å²) in [6.07, 6.45) is 2.19. The van der Waals surface area contributed by atoms with Gasteiger partial charge in [-0.05, 0) is 64.8 Å². The zero-order valence-corrected chi connectivity index (χ0v) is 15.2. The summed E-state index contributed by atoms with van der Waals surface area (Å²) >= 11 is 1.64. The molecule has 1 aliphatic carbocycles. The predicted octanol–water partition coefficient (Wildman–Crippen LogP) is 5.70. The van der Waals surface area contributed by atoms with E-state index in [1.807, 2.05) is 30.5 Å². The molecule has 0 heterocycles. The molecule has 0 N–H and O–H groups in total. The monoisotopic (exact) mass is 362 g/mol. The number of benzene rings is 3. The van der Waals surface area contributed by atoms with Crippen LogP contribution in [0.1, 0.15) is 16.7 Å². The van der Waals surface area contributed by atoms with Crippen molar-refractivity contribution in [2.45, 2.75) is 17.9 Å². The lowest BCUT2D eigenvalue weighted by molar-refractivity contribution is 0.0926. The molecular weight excluding hydrogens is 344 g/mol. The fourth-order valence-corrected chi connectivity index (χ4v) is 3.67. The van der Waals surface area contributed by atoms with Gasteiger partial charge in [-0.3, -0.25) is 0 Å². The van der Waals surface area contributed by atoms with Gasteiger partial charge in [0, 0.05) is 4.90 Å². The van der Waals surface area contributed by atoms with E-state index in [9.17, 15) is 4.79 Å². The van der Waals surface area contributed by atoms with Gasteiger partial charge in [-0.1, -0.05) is 42.5 Å². The molecule has 0 spiro atoms. The molecule has 0 aromatic heterocycles. The van der Waals surface area contributed by atoms with Gasteiger partial charge < -0.3 is 9.47 Å². The number of ether oxygens (including phenoxy) is 2. The first-order valence-electron chi connectivity index (χ1n) is 8.42. The lowest BCUT2D eigenvalue weighted by Crippen LogP contribution is -2.11. The van der Waals surface area contributed by atoms with E-state index in [1.165, 1.54) is 22.3 Å². The van der Waals surface area contributed by atoms with E-state index in [0.717, 1.165) is 16.9 Å². The molecule has 3 nitrogen and oxygen atoms in total. The van der Waals surface area contributed by atoms with Crippen molar-refractivity contribution >= 4 is 17.9 Å². The highest BCUT2D eigenvalue weighted by Gasteiger charge is 2.21. The first kappa shape index (κ1) is 16.7. The summed E-state index contributed by atoms with van der Waals surface area (Å²) in [6, 6.07) is 21.9. The van der Waals surface area contributed by atoms with Crippen LogP contribution in [0, 0.1) is 0 Å². The minimum Gasteiger partial charge on any atom is -0.429 e. The number of carbonyl (C=O) groups is 1. The van der Waals surface area contributed by atoms with Gasteiger partial charge in [0.2, 0.25) is 0 Å². The van der Waals surface area contributed by atoms with Crippen molar-refractivity contribution in [2.75, 3.05) is 6.26 Å². The Hall–Kier alpha value is -2.72. The molecule has 3 aromatic rings. The van der Waals surface area contributed by atoms with Crippen molar-refractivity contribution < 1.29 is 14.3 Å². The van der Waals surface area contributed by atoms with Gasteiger partial charge in [0.15, 0.2) is 0 Å². The fourth-order valence-electron chi connectivity index (χ4n) is 3.26. The molecule has 0 radical (unpaired) electrons. The van der Waals surface area contributed by atoms with Crippen molar-refractivity contribution in [1.29, 1.82) is 0 Å². The Morgan fingerprint density at radius 2 is 1.73 bits per heavy atom. The maximum absolute atomic E-state index is 12.0. The van der Waals surface area contributed by atoms with Crippen LogP contribution in [0.2, 0.25) is 0 Å². The number of rotatable bonds is 4. The highest BCUT2D eigenvalue weighted by molar-refractivity contribution is 7.98. The van der Waals surface area contributed by atoms with E-state index in [-0.39, 0.29) is 6.61 Å². The summed E-state index contributed by atoms with van der Waals surface area (Å²) in [7, 11) is 0. The van der Waals surface area contributed by atoms with Gasteiger partial charge in [-0.15, -0.1) is 11.8 Å². The second-order valence-corrected chi connectivity index (χ2v) is 6.97. The summed E-state index contributed by atoms with van der Waals surface area (Å²) in [5.74, 6) is 0.485. The average Bonchev–Trinajstić information content (AvgIpc) is 3.06. The number of carbonyl (C=O) groups excluding carboxylic acids is 1. The smallest absolute Gasteiger partial charge is 0.429 e.